The van der Waals surface area contributed by atoms with Crippen LogP contribution in [-0.4, -0.2) is 29.2 Å². The first-order valence-corrected chi connectivity index (χ1v) is 7.48. The molecule has 0 unspecified atom stereocenters. The number of nitrogens with one attached hydrogen (secondary N) is 1. The van der Waals surface area contributed by atoms with Gasteiger partial charge in [0.2, 0.25) is 5.76 Å². The van der Waals surface area contributed by atoms with Gasteiger partial charge in [0.05, 0.1) is 5.39 Å². The molecule has 0 spiro atoms. The smallest absolute Gasteiger partial charge is 0.377 e. The third-order valence-corrected chi connectivity index (χ3v) is 4.38. The van der Waals surface area contributed by atoms with Crippen LogP contribution in [0.3, 0.4) is 0 Å². The molecular weight excluding hydrogens is 308 g/mol. The topological polar surface area (TPSA) is 90.5 Å². The number of H-pyrrole nitrogens is 1. The maximum absolute atomic E-state index is 12.1. The summed E-state index contributed by atoms with van der Waals surface area (Å²) >= 11 is 1.44. The zero-order valence-corrected chi connectivity index (χ0v) is 12.9. The molecule has 1 N–H and O–H groups in total. The van der Waals surface area contributed by atoms with Gasteiger partial charge in [-0.15, -0.1) is 11.3 Å². The Labute approximate surface area is 129 Å². The van der Waals surface area contributed by atoms with Crippen LogP contribution in [0.15, 0.2) is 16.8 Å². The fraction of sp³-hybridized carbons (Fsp3) is 0.357. The van der Waals surface area contributed by atoms with Gasteiger partial charge >= 0.3 is 5.97 Å². The summed E-state index contributed by atoms with van der Waals surface area (Å²) in [6, 6.07) is 0. The Morgan fingerprint density at radius 2 is 2.27 bits per heavy atom. The predicted molar refractivity (Wildman–Crippen MR) is 79.5 cm³/mol. The Kier molecular flexibility index (Phi) is 3.84. The predicted octanol–water partition coefficient (Wildman–Crippen LogP) is 1.53. The Hall–Kier alpha value is -2.35. The van der Waals surface area contributed by atoms with Crippen LogP contribution in [0.1, 0.15) is 16.3 Å². The van der Waals surface area contributed by atoms with Gasteiger partial charge in [-0.25, -0.2) is 9.78 Å². The number of hydrogen-bond acceptors (Lipinski definition) is 7. The van der Waals surface area contributed by atoms with Gasteiger partial charge < -0.3 is 19.2 Å². The van der Waals surface area contributed by atoms with E-state index in [2.05, 4.69) is 9.97 Å². The summed E-state index contributed by atoms with van der Waals surface area (Å²) in [6.07, 6.45) is 1.22. The van der Waals surface area contributed by atoms with Crippen molar-refractivity contribution in [2.75, 3.05) is 13.2 Å². The first-order chi connectivity index (χ1) is 10.6. The van der Waals surface area contributed by atoms with Crippen LogP contribution in [0.4, 0.5) is 0 Å². The summed E-state index contributed by atoms with van der Waals surface area (Å²) in [5.41, 5.74) is 0.699. The minimum absolute atomic E-state index is 0.0116. The van der Waals surface area contributed by atoms with Crippen LogP contribution in [0.5, 0.6) is 0 Å². The van der Waals surface area contributed by atoms with Crippen LogP contribution in [-0.2, 0) is 25.6 Å². The van der Waals surface area contributed by atoms with E-state index < -0.39 is 5.97 Å². The van der Waals surface area contributed by atoms with Crippen molar-refractivity contribution in [3.63, 3.8) is 0 Å². The first kappa shape index (κ1) is 14.6. The normalized spacial score (nSPS) is 14.2. The SMILES string of the molecule is Cc1sc2nc(COC(=O)C3=COCCO3)[nH]c(=O)c2c1C. The van der Waals surface area contributed by atoms with Gasteiger partial charge in [0.25, 0.3) is 5.56 Å². The molecule has 0 saturated heterocycles. The highest BCUT2D eigenvalue weighted by Gasteiger charge is 2.18. The van der Waals surface area contributed by atoms with Gasteiger partial charge in [-0.1, -0.05) is 0 Å². The van der Waals surface area contributed by atoms with E-state index in [1.54, 1.807) is 0 Å². The van der Waals surface area contributed by atoms with Crippen LogP contribution >= 0.6 is 11.3 Å². The van der Waals surface area contributed by atoms with Gasteiger partial charge in [0.15, 0.2) is 0 Å². The number of fused-ring (bicyclic) bond motifs is 1. The molecule has 3 rings (SSSR count). The minimum atomic E-state index is -0.652. The summed E-state index contributed by atoms with van der Waals surface area (Å²) in [7, 11) is 0. The van der Waals surface area contributed by atoms with Crippen molar-refractivity contribution in [1.29, 1.82) is 0 Å². The van der Waals surface area contributed by atoms with Crippen molar-refractivity contribution >= 4 is 27.5 Å². The minimum Gasteiger partial charge on any atom is -0.493 e. The van der Waals surface area contributed by atoms with Crippen LogP contribution in [0.25, 0.3) is 10.2 Å². The molecule has 0 radical (unpaired) electrons. The average Bonchev–Trinajstić information content (AvgIpc) is 2.81. The van der Waals surface area contributed by atoms with Crippen molar-refractivity contribution in [3.05, 3.63) is 38.6 Å². The third kappa shape index (κ3) is 2.69. The number of aromatic amines is 1. The monoisotopic (exact) mass is 322 g/mol. The second kappa shape index (κ2) is 5.80. The van der Waals surface area contributed by atoms with Gasteiger partial charge in [0.1, 0.15) is 36.7 Å². The highest BCUT2D eigenvalue weighted by Crippen LogP contribution is 2.25. The molecule has 0 aromatic carbocycles. The highest BCUT2D eigenvalue weighted by atomic mass is 32.1. The molecule has 0 saturated carbocycles. The lowest BCUT2D eigenvalue weighted by Crippen LogP contribution is -2.19. The van der Waals surface area contributed by atoms with E-state index in [9.17, 15) is 9.59 Å². The summed E-state index contributed by atoms with van der Waals surface area (Å²) in [6.45, 7) is 4.39. The number of esters is 1. The number of ether oxygens (including phenoxy) is 3. The number of carbonyl (C=O) groups is 1. The number of thiophene rings is 1. The van der Waals surface area contributed by atoms with Gasteiger partial charge in [0, 0.05) is 4.88 Å². The van der Waals surface area contributed by atoms with E-state index in [1.165, 1.54) is 17.6 Å². The summed E-state index contributed by atoms with van der Waals surface area (Å²) < 4.78 is 15.2. The molecule has 0 amide bonds. The Morgan fingerprint density at radius 3 is 3.00 bits per heavy atom. The Bertz CT molecular complexity index is 820. The second-order valence-corrected chi connectivity index (χ2v) is 5.96. The standard InChI is InChI=1S/C14H14N2O5S/c1-7-8(2)22-13-11(7)12(17)15-10(16-13)6-21-14(18)9-5-19-3-4-20-9/h5H,3-4,6H2,1-2H3,(H,15,16,17). The molecule has 22 heavy (non-hydrogen) atoms. The van der Waals surface area contributed by atoms with Crippen molar-refractivity contribution < 1.29 is 19.0 Å². The van der Waals surface area contributed by atoms with Gasteiger partial charge in [-0.3, -0.25) is 4.79 Å². The summed E-state index contributed by atoms with van der Waals surface area (Å²) in [5.74, 6) is -0.345. The molecule has 116 valence electrons. The molecule has 0 aliphatic carbocycles. The fourth-order valence-corrected chi connectivity index (χ4v) is 3.10. The Balaban J connectivity index is 1.78. The van der Waals surface area contributed by atoms with Gasteiger partial charge in [-0.2, -0.15) is 0 Å². The molecule has 8 heteroatoms. The molecule has 1 aliphatic rings. The van der Waals surface area contributed by atoms with E-state index in [0.717, 1.165) is 10.4 Å². The van der Waals surface area contributed by atoms with E-state index >= 15 is 0 Å². The third-order valence-electron chi connectivity index (χ3n) is 3.28. The maximum atomic E-state index is 12.1. The number of rotatable bonds is 3. The number of hydrogen-bond donors (Lipinski definition) is 1. The van der Waals surface area contributed by atoms with Crippen molar-refractivity contribution in [2.45, 2.75) is 20.5 Å². The molecule has 0 atom stereocenters. The van der Waals surface area contributed by atoms with E-state index in [4.69, 9.17) is 14.2 Å². The highest BCUT2D eigenvalue weighted by molar-refractivity contribution is 7.18. The number of aryl methyl sites for hydroxylation is 2. The van der Waals surface area contributed by atoms with E-state index in [-0.39, 0.29) is 17.9 Å². The number of nitrogens with zero attached hydrogens (tertiary/aromatic N) is 1. The summed E-state index contributed by atoms with van der Waals surface area (Å²) in [4.78, 5) is 32.5. The fourth-order valence-electron chi connectivity index (χ4n) is 2.05. The van der Waals surface area contributed by atoms with Gasteiger partial charge in [-0.05, 0) is 19.4 Å². The lowest BCUT2D eigenvalue weighted by atomic mass is 10.2. The largest absolute Gasteiger partial charge is 0.493 e. The van der Waals surface area contributed by atoms with Crippen LogP contribution in [0, 0.1) is 13.8 Å². The van der Waals surface area contributed by atoms with E-state index in [1.807, 2.05) is 13.8 Å². The quantitative estimate of drug-likeness (QED) is 0.862. The lowest BCUT2D eigenvalue weighted by molar-refractivity contribution is -0.146. The average molecular weight is 322 g/mol. The molecule has 7 nitrogen and oxygen atoms in total. The molecule has 3 heterocycles. The molecule has 2 aromatic heterocycles. The molecule has 0 bridgehead atoms. The zero-order valence-electron chi connectivity index (χ0n) is 12.1. The van der Waals surface area contributed by atoms with Crippen LogP contribution in [0.2, 0.25) is 0 Å². The van der Waals surface area contributed by atoms with Crippen LogP contribution < -0.4 is 5.56 Å². The molecular formula is C14H14N2O5S. The zero-order chi connectivity index (χ0) is 15.7. The van der Waals surface area contributed by atoms with Crippen molar-refractivity contribution in [2.24, 2.45) is 0 Å². The molecule has 1 aliphatic heterocycles. The lowest BCUT2D eigenvalue weighted by Gasteiger charge is -2.14. The summed E-state index contributed by atoms with van der Waals surface area (Å²) in [5, 5.41) is 0.587. The molecule has 0 fully saturated rings. The first-order valence-electron chi connectivity index (χ1n) is 6.67. The van der Waals surface area contributed by atoms with Crippen molar-refractivity contribution in [3.8, 4) is 0 Å². The van der Waals surface area contributed by atoms with Crippen molar-refractivity contribution in [1.82, 2.24) is 9.97 Å². The second-order valence-electron chi connectivity index (χ2n) is 4.75. The molecule has 2 aromatic rings. The number of carbonyl (C=O) groups excluding carboxylic acids is 1. The Morgan fingerprint density at radius 1 is 1.45 bits per heavy atom. The maximum Gasteiger partial charge on any atom is 0.377 e. The number of aromatic nitrogens is 2. The van der Waals surface area contributed by atoms with E-state index in [0.29, 0.717) is 29.3 Å².